The Labute approximate surface area is 133 Å². The molecule has 3 nitrogen and oxygen atoms in total. The first kappa shape index (κ1) is 17.6. The van der Waals surface area contributed by atoms with Gasteiger partial charge >= 0.3 is 6.18 Å². The lowest BCUT2D eigenvalue weighted by molar-refractivity contribution is -0.141. The summed E-state index contributed by atoms with van der Waals surface area (Å²) in [5, 5.41) is 0. The first-order valence-corrected chi connectivity index (χ1v) is 6.51. The third-order valence-electron chi connectivity index (χ3n) is 2.99. The number of carbonyl (C=O) groups is 1. The van der Waals surface area contributed by atoms with Crippen molar-refractivity contribution in [3.63, 3.8) is 0 Å². The summed E-state index contributed by atoms with van der Waals surface area (Å²) in [5.41, 5.74) is -1.16. The summed E-state index contributed by atoms with van der Waals surface area (Å²) < 4.78 is 68.7. The predicted molar refractivity (Wildman–Crippen MR) is 75.5 cm³/mol. The lowest BCUT2D eigenvalue weighted by Crippen LogP contribution is -2.08. The second kappa shape index (κ2) is 6.77. The van der Waals surface area contributed by atoms with E-state index in [1.54, 1.807) is 0 Å². The molecule has 0 aliphatic rings. The topological polar surface area (TPSA) is 39.2 Å². The molecule has 0 atom stereocenters. The van der Waals surface area contributed by atoms with Crippen molar-refractivity contribution in [2.75, 3.05) is 7.11 Å². The van der Waals surface area contributed by atoms with Crippen molar-refractivity contribution in [1.82, 2.24) is 4.98 Å². The molecule has 1 aromatic heterocycles. The molecule has 0 saturated heterocycles. The number of hydrogen-bond donors (Lipinski definition) is 0. The number of alkyl halides is 3. The molecular formula is C16H10F5NO2. The van der Waals surface area contributed by atoms with Gasteiger partial charge in [-0.05, 0) is 35.9 Å². The van der Waals surface area contributed by atoms with Crippen molar-refractivity contribution in [2.45, 2.75) is 6.18 Å². The number of benzene rings is 1. The van der Waals surface area contributed by atoms with Crippen LogP contribution < -0.4 is 4.74 Å². The van der Waals surface area contributed by atoms with Crippen molar-refractivity contribution in [1.29, 1.82) is 0 Å². The Kier molecular flexibility index (Phi) is 4.96. The number of ketones is 1. The van der Waals surface area contributed by atoms with E-state index in [4.69, 9.17) is 0 Å². The molecule has 0 unspecified atom stereocenters. The van der Waals surface area contributed by atoms with Gasteiger partial charge in [-0.1, -0.05) is 6.08 Å². The van der Waals surface area contributed by atoms with Crippen molar-refractivity contribution < 1.29 is 31.5 Å². The number of hydrogen-bond acceptors (Lipinski definition) is 3. The Morgan fingerprint density at radius 1 is 1.17 bits per heavy atom. The van der Waals surface area contributed by atoms with Crippen LogP contribution in [0.3, 0.4) is 0 Å². The van der Waals surface area contributed by atoms with E-state index >= 15 is 0 Å². The fourth-order valence-corrected chi connectivity index (χ4v) is 1.85. The van der Waals surface area contributed by atoms with Crippen LogP contribution in [0.5, 0.6) is 5.75 Å². The zero-order valence-corrected chi connectivity index (χ0v) is 12.2. The molecule has 0 radical (unpaired) electrons. The van der Waals surface area contributed by atoms with Gasteiger partial charge in [-0.2, -0.15) is 13.2 Å². The molecule has 0 N–H and O–H groups in total. The second-order valence-corrected chi connectivity index (χ2v) is 4.65. The molecule has 0 aliphatic heterocycles. The molecule has 1 heterocycles. The van der Waals surface area contributed by atoms with E-state index in [9.17, 15) is 26.7 Å². The van der Waals surface area contributed by atoms with Gasteiger partial charge in [0.15, 0.2) is 23.2 Å². The van der Waals surface area contributed by atoms with E-state index in [1.807, 2.05) is 0 Å². The lowest BCUT2D eigenvalue weighted by atomic mass is 10.1. The summed E-state index contributed by atoms with van der Waals surface area (Å²) in [5.74, 6) is -3.10. The monoisotopic (exact) mass is 343 g/mol. The molecule has 0 aliphatic carbocycles. The van der Waals surface area contributed by atoms with Gasteiger partial charge in [-0.25, -0.2) is 8.78 Å². The molecule has 24 heavy (non-hydrogen) atoms. The molecule has 0 bridgehead atoms. The normalized spacial score (nSPS) is 11.8. The smallest absolute Gasteiger partial charge is 0.433 e. The number of pyridine rings is 1. The number of ether oxygens (including phenoxy) is 1. The van der Waals surface area contributed by atoms with Gasteiger partial charge in [-0.15, -0.1) is 0 Å². The van der Waals surface area contributed by atoms with E-state index in [2.05, 4.69) is 9.72 Å². The molecule has 2 aromatic rings. The highest BCUT2D eigenvalue weighted by atomic mass is 19.4. The van der Waals surface area contributed by atoms with Crippen LogP contribution in [0.4, 0.5) is 22.0 Å². The molecule has 2 rings (SSSR count). The van der Waals surface area contributed by atoms with E-state index in [1.165, 1.54) is 0 Å². The van der Waals surface area contributed by atoms with Crippen LogP contribution in [0.1, 0.15) is 21.6 Å². The van der Waals surface area contributed by atoms with E-state index in [0.29, 0.717) is 6.07 Å². The number of carbonyl (C=O) groups excluding carboxylic acids is 1. The van der Waals surface area contributed by atoms with Gasteiger partial charge in [-0.3, -0.25) is 9.78 Å². The Morgan fingerprint density at radius 2 is 1.79 bits per heavy atom. The van der Waals surface area contributed by atoms with Crippen LogP contribution in [0, 0.1) is 11.6 Å². The van der Waals surface area contributed by atoms with Crippen LogP contribution >= 0.6 is 0 Å². The van der Waals surface area contributed by atoms with Gasteiger partial charge in [0, 0.05) is 11.8 Å². The second-order valence-electron chi connectivity index (χ2n) is 4.65. The summed E-state index contributed by atoms with van der Waals surface area (Å²) in [7, 11) is 1.11. The fourth-order valence-electron chi connectivity index (χ4n) is 1.85. The minimum atomic E-state index is -4.60. The van der Waals surface area contributed by atoms with Crippen molar-refractivity contribution in [3.05, 3.63) is 65.0 Å². The van der Waals surface area contributed by atoms with Gasteiger partial charge in [0.2, 0.25) is 0 Å². The third-order valence-corrected chi connectivity index (χ3v) is 2.99. The Morgan fingerprint density at radius 3 is 2.25 bits per heavy atom. The average molecular weight is 343 g/mol. The van der Waals surface area contributed by atoms with Gasteiger partial charge < -0.3 is 4.74 Å². The van der Waals surface area contributed by atoms with Crippen LogP contribution in [0.25, 0.3) is 6.08 Å². The number of allylic oxidation sites excluding steroid dienone is 1. The predicted octanol–water partition coefficient (Wildman–Crippen LogP) is 4.28. The highest BCUT2D eigenvalue weighted by Crippen LogP contribution is 2.27. The first-order chi connectivity index (χ1) is 11.2. The van der Waals surface area contributed by atoms with Crippen molar-refractivity contribution >= 4 is 11.9 Å². The molecule has 0 fully saturated rings. The van der Waals surface area contributed by atoms with Gasteiger partial charge in [0.05, 0.1) is 7.11 Å². The summed E-state index contributed by atoms with van der Waals surface area (Å²) >= 11 is 0. The SMILES string of the molecule is COc1c(F)cc(/C=C/C(=O)c2ccc(C(F)(F)F)nc2)cc1F. The van der Waals surface area contributed by atoms with E-state index < -0.39 is 35.0 Å². The number of aromatic nitrogens is 1. The maximum absolute atomic E-state index is 13.5. The van der Waals surface area contributed by atoms with Crippen LogP contribution in [0.2, 0.25) is 0 Å². The number of nitrogens with zero attached hydrogens (tertiary/aromatic N) is 1. The Bertz CT molecular complexity index is 759. The Hall–Kier alpha value is -2.77. The summed E-state index contributed by atoms with van der Waals surface area (Å²) in [6, 6.07) is 3.55. The summed E-state index contributed by atoms with van der Waals surface area (Å²) in [6.45, 7) is 0. The first-order valence-electron chi connectivity index (χ1n) is 6.51. The maximum atomic E-state index is 13.5. The number of rotatable bonds is 4. The number of halogens is 5. The van der Waals surface area contributed by atoms with Crippen molar-refractivity contribution in [2.24, 2.45) is 0 Å². The lowest BCUT2D eigenvalue weighted by Gasteiger charge is -2.05. The van der Waals surface area contributed by atoms with Crippen LogP contribution in [0.15, 0.2) is 36.5 Å². The minimum absolute atomic E-state index is 0.0546. The minimum Gasteiger partial charge on any atom is -0.491 e. The third kappa shape index (κ3) is 3.95. The molecule has 0 amide bonds. The molecule has 0 spiro atoms. The summed E-state index contributed by atoms with van der Waals surface area (Å²) in [6.07, 6.45) is -1.71. The quantitative estimate of drug-likeness (QED) is 0.472. The highest BCUT2D eigenvalue weighted by Gasteiger charge is 2.32. The maximum Gasteiger partial charge on any atom is 0.433 e. The summed E-state index contributed by atoms with van der Waals surface area (Å²) in [4.78, 5) is 15.0. The Balaban J connectivity index is 2.19. The largest absolute Gasteiger partial charge is 0.491 e. The van der Waals surface area contributed by atoms with E-state index in [0.717, 1.165) is 43.7 Å². The van der Waals surface area contributed by atoms with Crippen LogP contribution in [-0.4, -0.2) is 17.9 Å². The molecule has 126 valence electrons. The van der Waals surface area contributed by atoms with E-state index in [-0.39, 0.29) is 11.1 Å². The zero-order valence-electron chi connectivity index (χ0n) is 12.2. The highest BCUT2D eigenvalue weighted by molar-refractivity contribution is 6.06. The molecule has 8 heteroatoms. The molecule has 1 aromatic carbocycles. The molecular weight excluding hydrogens is 333 g/mol. The van der Waals surface area contributed by atoms with Crippen LogP contribution in [-0.2, 0) is 6.18 Å². The van der Waals surface area contributed by atoms with Gasteiger partial charge in [0.25, 0.3) is 0 Å². The molecule has 0 saturated carbocycles. The standard InChI is InChI=1S/C16H10F5NO2/c1-24-15-11(17)6-9(7-12(15)18)2-4-13(23)10-3-5-14(22-8-10)16(19,20)21/h2-8H,1H3/b4-2+. The van der Waals surface area contributed by atoms with Crippen molar-refractivity contribution in [3.8, 4) is 5.75 Å². The van der Waals surface area contributed by atoms with Gasteiger partial charge in [0.1, 0.15) is 5.69 Å². The fraction of sp³-hybridized carbons (Fsp3) is 0.125. The average Bonchev–Trinajstić information content (AvgIpc) is 2.51. The zero-order chi connectivity index (χ0) is 17.9. The number of methoxy groups -OCH3 is 1.